The normalized spacial score (nSPS) is 40.3. The zero-order valence-electron chi connectivity index (χ0n) is 4.20. The lowest BCUT2D eigenvalue weighted by molar-refractivity contribution is 0.431. The van der Waals surface area contributed by atoms with Crippen LogP contribution < -0.4 is 10.6 Å². The second kappa shape index (κ2) is 1.20. The summed E-state index contributed by atoms with van der Waals surface area (Å²) in [7, 11) is 0. The van der Waals surface area contributed by atoms with Gasteiger partial charge in [-0.15, -0.1) is 0 Å². The molecule has 0 spiro atoms. The molecule has 1 atom stereocenters. The first-order valence-corrected chi connectivity index (χ1v) is 2.80. The van der Waals surface area contributed by atoms with E-state index in [0.717, 1.165) is 12.6 Å². The number of nitrogens with one attached hydrogen (secondary N) is 2. The Morgan fingerprint density at radius 3 is 2.86 bits per heavy atom. The van der Waals surface area contributed by atoms with Crippen LogP contribution in [0.1, 0.15) is 6.42 Å². The Labute approximate surface area is 43.3 Å². The van der Waals surface area contributed by atoms with Crippen molar-refractivity contribution in [2.24, 2.45) is 0 Å². The Morgan fingerprint density at radius 1 is 1.57 bits per heavy atom. The monoisotopic (exact) mass is 97.1 g/mol. The van der Waals surface area contributed by atoms with Crippen molar-refractivity contribution in [3.05, 3.63) is 6.04 Å². The van der Waals surface area contributed by atoms with Crippen LogP contribution in [-0.2, 0) is 0 Å². The fourth-order valence-electron chi connectivity index (χ4n) is 1.19. The third-order valence-corrected chi connectivity index (χ3v) is 1.74. The summed E-state index contributed by atoms with van der Waals surface area (Å²) >= 11 is 0. The highest BCUT2D eigenvalue weighted by Crippen LogP contribution is 2.20. The first-order valence-electron chi connectivity index (χ1n) is 2.80. The van der Waals surface area contributed by atoms with Gasteiger partial charge >= 0.3 is 0 Å². The second-order valence-electron chi connectivity index (χ2n) is 2.17. The van der Waals surface area contributed by atoms with Crippen molar-refractivity contribution in [3.63, 3.8) is 0 Å². The summed E-state index contributed by atoms with van der Waals surface area (Å²) in [5.41, 5.74) is 0. The average molecular weight is 97.1 g/mol. The minimum atomic E-state index is 0.750. The maximum atomic E-state index is 3.31. The van der Waals surface area contributed by atoms with Gasteiger partial charge in [0.25, 0.3) is 0 Å². The molecule has 2 aliphatic heterocycles. The molecule has 0 aromatic heterocycles. The van der Waals surface area contributed by atoms with Crippen molar-refractivity contribution in [2.45, 2.75) is 12.5 Å². The summed E-state index contributed by atoms with van der Waals surface area (Å²) in [4.78, 5) is 0. The van der Waals surface area contributed by atoms with E-state index in [4.69, 9.17) is 0 Å². The molecule has 2 nitrogen and oxygen atoms in total. The van der Waals surface area contributed by atoms with Gasteiger partial charge in [-0.1, -0.05) is 0 Å². The molecular weight excluding hydrogens is 88.1 g/mol. The van der Waals surface area contributed by atoms with Crippen molar-refractivity contribution in [3.8, 4) is 0 Å². The van der Waals surface area contributed by atoms with Crippen LogP contribution in [0.2, 0.25) is 0 Å². The van der Waals surface area contributed by atoms with Gasteiger partial charge in [-0.05, 0) is 13.0 Å². The lowest BCUT2D eigenvalue weighted by Gasteiger charge is -2.30. The molecule has 0 aliphatic carbocycles. The molecule has 2 rings (SSSR count). The van der Waals surface area contributed by atoms with Gasteiger partial charge in [0.1, 0.15) is 0 Å². The molecule has 1 unspecified atom stereocenters. The van der Waals surface area contributed by atoms with Crippen molar-refractivity contribution in [1.82, 2.24) is 10.6 Å². The van der Waals surface area contributed by atoms with Gasteiger partial charge in [0, 0.05) is 12.6 Å². The molecule has 2 N–H and O–H groups in total. The zero-order valence-corrected chi connectivity index (χ0v) is 4.20. The van der Waals surface area contributed by atoms with Crippen LogP contribution >= 0.6 is 0 Å². The molecule has 39 valence electrons. The number of rotatable bonds is 0. The molecule has 0 bridgehead atoms. The highest BCUT2D eigenvalue weighted by atomic mass is 15.2. The maximum absolute atomic E-state index is 3.31. The molecule has 0 saturated carbocycles. The lowest BCUT2D eigenvalue weighted by Crippen LogP contribution is -2.51. The Balaban J connectivity index is 2.03. The first kappa shape index (κ1) is 3.87. The van der Waals surface area contributed by atoms with Gasteiger partial charge in [0.05, 0.1) is 6.04 Å². The smallest absolute Gasteiger partial charge is 0.0673 e. The average Bonchev–Trinajstić information content (AvgIpc) is 1.85. The zero-order chi connectivity index (χ0) is 4.69. The molecule has 0 aromatic carbocycles. The van der Waals surface area contributed by atoms with Crippen LogP contribution in [0, 0.1) is 6.04 Å². The van der Waals surface area contributed by atoms with E-state index in [1.165, 1.54) is 19.0 Å². The Kier molecular flexibility index (Phi) is 0.664. The molecule has 7 heavy (non-hydrogen) atoms. The van der Waals surface area contributed by atoms with Crippen LogP contribution in [0.15, 0.2) is 0 Å². The molecule has 2 saturated heterocycles. The third-order valence-electron chi connectivity index (χ3n) is 1.74. The molecule has 2 aliphatic rings. The van der Waals surface area contributed by atoms with Crippen LogP contribution in [0.3, 0.4) is 0 Å². The van der Waals surface area contributed by atoms with E-state index in [2.05, 4.69) is 10.6 Å². The molecular formula is C5H9N2. The Morgan fingerprint density at radius 2 is 2.57 bits per heavy atom. The summed E-state index contributed by atoms with van der Waals surface area (Å²) in [6.45, 7) is 2.30. The molecule has 1 radical (unpaired) electrons. The van der Waals surface area contributed by atoms with E-state index in [1.807, 2.05) is 0 Å². The summed E-state index contributed by atoms with van der Waals surface area (Å²) in [5.74, 6) is 0. The number of hydrogen-bond donors (Lipinski definition) is 2. The second-order valence-corrected chi connectivity index (χ2v) is 2.17. The quantitative estimate of drug-likeness (QED) is 0.425. The summed E-state index contributed by atoms with van der Waals surface area (Å²) in [6.07, 6.45) is 1.30. The van der Waals surface area contributed by atoms with E-state index < -0.39 is 0 Å². The number of fused-ring (bicyclic) bond motifs is 1. The highest BCUT2D eigenvalue weighted by Gasteiger charge is 2.34. The molecule has 2 heterocycles. The van der Waals surface area contributed by atoms with Crippen LogP contribution in [0.4, 0.5) is 0 Å². The van der Waals surface area contributed by atoms with Crippen LogP contribution in [0.5, 0.6) is 0 Å². The SMILES string of the molecule is C1CC2NC[C]2N1. The minimum Gasteiger partial charge on any atom is -0.310 e. The van der Waals surface area contributed by atoms with Gasteiger partial charge < -0.3 is 10.6 Å². The maximum Gasteiger partial charge on any atom is 0.0673 e. The van der Waals surface area contributed by atoms with Crippen LogP contribution in [-0.4, -0.2) is 19.1 Å². The third kappa shape index (κ3) is 0.409. The van der Waals surface area contributed by atoms with E-state index >= 15 is 0 Å². The van der Waals surface area contributed by atoms with Crippen molar-refractivity contribution in [2.75, 3.05) is 13.1 Å². The van der Waals surface area contributed by atoms with E-state index in [-0.39, 0.29) is 0 Å². The van der Waals surface area contributed by atoms with Crippen molar-refractivity contribution < 1.29 is 0 Å². The van der Waals surface area contributed by atoms with E-state index in [0.29, 0.717) is 0 Å². The van der Waals surface area contributed by atoms with Gasteiger partial charge in [0.2, 0.25) is 0 Å². The lowest BCUT2D eigenvalue weighted by atomic mass is 10.0. The van der Waals surface area contributed by atoms with E-state index in [9.17, 15) is 0 Å². The standard InChI is InChI=1S/C5H9N2/c1-2-6-5-3-7-4(1)5/h4,6-7H,1-3H2. The van der Waals surface area contributed by atoms with Crippen molar-refractivity contribution in [1.29, 1.82) is 0 Å². The highest BCUT2D eigenvalue weighted by molar-refractivity contribution is 5.14. The Bertz CT molecular complexity index is 72.1. The van der Waals surface area contributed by atoms with Gasteiger partial charge in [-0.3, -0.25) is 0 Å². The minimum absolute atomic E-state index is 0.750. The molecule has 2 fully saturated rings. The largest absolute Gasteiger partial charge is 0.310 e. The van der Waals surface area contributed by atoms with Gasteiger partial charge in [0.15, 0.2) is 0 Å². The fraction of sp³-hybridized carbons (Fsp3) is 0.800. The predicted molar refractivity (Wildman–Crippen MR) is 27.7 cm³/mol. The van der Waals surface area contributed by atoms with Crippen LogP contribution in [0.25, 0.3) is 0 Å². The van der Waals surface area contributed by atoms with Crippen molar-refractivity contribution >= 4 is 0 Å². The van der Waals surface area contributed by atoms with Gasteiger partial charge in [-0.25, -0.2) is 0 Å². The fourth-order valence-corrected chi connectivity index (χ4v) is 1.19. The summed E-state index contributed by atoms with van der Waals surface area (Å²) in [6, 6.07) is 2.28. The Hall–Kier alpha value is -0.0800. The predicted octanol–water partition coefficient (Wildman–Crippen LogP) is -0.517. The molecule has 0 amide bonds. The number of hydrogen-bond acceptors (Lipinski definition) is 2. The van der Waals surface area contributed by atoms with Gasteiger partial charge in [-0.2, -0.15) is 0 Å². The molecule has 2 heteroatoms. The summed E-state index contributed by atoms with van der Waals surface area (Å²) < 4.78 is 0. The summed E-state index contributed by atoms with van der Waals surface area (Å²) in [5, 5.41) is 6.62. The first-order chi connectivity index (χ1) is 3.47. The topological polar surface area (TPSA) is 24.1 Å². The van der Waals surface area contributed by atoms with E-state index in [1.54, 1.807) is 0 Å². The molecule has 0 aromatic rings.